The molecule has 0 bridgehead atoms. The minimum absolute atomic E-state index is 0.0182. The highest BCUT2D eigenvalue weighted by Gasteiger charge is 2.25. The van der Waals surface area contributed by atoms with E-state index in [4.69, 9.17) is 5.11 Å². The summed E-state index contributed by atoms with van der Waals surface area (Å²) in [4.78, 5) is 25.3. The van der Waals surface area contributed by atoms with Gasteiger partial charge in [-0.1, -0.05) is 6.07 Å². The highest BCUT2D eigenvalue weighted by atomic mass is 16.4. The molecule has 0 unspecified atom stereocenters. The summed E-state index contributed by atoms with van der Waals surface area (Å²) in [5.41, 5.74) is 5.09. The Hall–Kier alpha value is -2.54. The minimum Gasteiger partial charge on any atom is -0.481 e. The molecule has 7 nitrogen and oxygen atoms in total. The van der Waals surface area contributed by atoms with Crippen molar-refractivity contribution in [3.8, 4) is 0 Å². The molecular formula is C17H23N3O4. The first-order valence-corrected chi connectivity index (χ1v) is 7.76. The van der Waals surface area contributed by atoms with Gasteiger partial charge in [-0.15, -0.1) is 0 Å². The van der Waals surface area contributed by atoms with E-state index in [0.29, 0.717) is 13.0 Å². The quantitative estimate of drug-likeness (QED) is 0.608. The number of aliphatic carboxylic acids is 1. The van der Waals surface area contributed by atoms with Gasteiger partial charge < -0.3 is 15.2 Å². The molecule has 24 heavy (non-hydrogen) atoms. The van der Waals surface area contributed by atoms with E-state index in [1.165, 1.54) is 5.01 Å². The maximum Gasteiger partial charge on any atom is 0.422 e. The van der Waals surface area contributed by atoms with Crippen LogP contribution in [0.5, 0.6) is 0 Å². The molecule has 130 valence electrons. The van der Waals surface area contributed by atoms with Crippen molar-refractivity contribution in [1.82, 2.24) is 15.4 Å². The molecule has 2 aromatic rings. The van der Waals surface area contributed by atoms with Crippen LogP contribution in [0, 0.1) is 0 Å². The number of carboxylic acids is 1. The van der Waals surface area contributed by atoms with Crippen molar-refractivity contribution >= 4 is 23.0 Å². The van der Waals surface area contributed by atoms with E-state index in [9.17, 15) is 14.7 Å². The zero-order valence-corrected chi connectivity index (χ0v) is 14.1. The number of amides is 1. The van der Waals surface area contributed by atoms with E-state index in [0.717, 1.165) is 22.0 Å². The molecule has 2 rings (SSSR count). The first-order chi connectivity index (χ1) is 11.2. The van der Waals surface area contributed by atoms with Crippen LogP contribution in [0.15, 0.2) is 24.4 Å². The number of hydrazine groups is 1. The number of H-pyrrole nitrogens is 1. The number of benzene rings is 1. The van der Waals surface area contributed by atoms with Gasteiger partial charge >= 0.3 is 12.1 Å². The van der Waals surface area contributed by atoms with Gasteiger partial charge in [0.05, 0.1) is 12.0 Å². The average Bonchev–Trinajstić information content (AvgIpc) is 2.83. The number of hydrogen-bond donors (Lipinski definition) is 4. The van der Waals surface area contributed by atoms with Gasteiger partial charge in [0, 0.05) is 23.6 Å². The summed E-state index contributed by atoms with van der Waals surface area (Å²) in [6, 6.07) is 5.53. The summed E-state index contributed by atoms with van der Waals surface area (Å²) < 4.78 is 0. The van der Waals surface area contributed by atoms with Crippen LogP contribution in [-0.4, -0.2) is 44.4 Å². The second-order valence-electron chi connectivity index (χ2n) is 6.71. The Morgan fingerprint density at radius 3 is 2.54 bits per heavy atom. The Balaban J connectivity index is 2.09. The number of rotatable bonds is 6. The number of fused-ring (bicyclic) bond motifs is 1. The molecule has 0 aliphatic rings. The summed E-state index contributed by atoms with van der Waals surface area (Å²) in [6.07, 6.45) is 1.45. The third kappa shape index (κ3) is 4.26. The Labute approximate surface area is 140 Å². The Morgan fingerprint density at radius 2 is 1.96 bits per heavy atom. The number of nitrogens with one attached hydrogen (secondary N) is 2. The standard InChI is InChI=1S/C17H23N3O4/c1-17(2,3)20(16(23)24)19-7-6-12-10-18-14-5-4-11(8-13(12)14)9-15(21)22/h4-5,8,10,18-19H,6-7,9H2,1-3H3,(H,21,22)(H,23,24). The van der Waals surface area contributed by atoms with Crippen molar-refractivity contribution in [2.75, 3.05) is 6.54 Å². The Bertz CT molecular complexity index is 746. The summed E-state index contributed by atoms with van der Waals surface area (Å²) >= 11 is 0. The van der Waals surface area contributed by atoms with Crippen LogP contribution in [0.2, 0.25) is 0 Å². The predicted octanol–water partition coefficient (Wildman–Crippen LogP) is 2.62. The second kappa shape index (κ2) is 6.92. The van der Waals surface area contributed by atoms with Gasteiger partial charge in [0.25, 0.3) is 0 Å². The lowest BCUT2D eigenvalue weighted by Gasteiger charge is -2.33. The highest BCUT2D eigenvalue weighted by Crippen LogP contribution is 2.21. The first kappa shape index (κ1) is 17.8. The summed E-state index contributed by atoms with van der Waals surface area (Å²) in [5.74, 6) is -0.865. The Kier molecular flexibility index (Phi) is 5.14. The van der Waals surface area contributed by atoms with Gasteiger partial charge in [0.2, 0.25) is 0 Å². The van der Waals surface area contributed by atoms with E-state index >= 15 is 0 Å². The third-order valence-electron chi connectivity index (χ3n) is 3.71. The average molecular weight is 333 g/mol. The van der Waals surface area contributed by atoms with E-state index in [1.807, 2.05) is 39.1 Å². The van der Waals surface area contributed by atoms with Crippen molar-refractivity contribution in [3.63, 3.8) is 0 Å². The van der Waals surface area contributed by atoms with Crippen LogP contribution in [-0.2, 0) is 17.6 Å². The van der Waals surface area contributed by atoms with Crippen molar-refractivity contribution in [2.24, 2.45) is 0 Å². The van der Waals surface area contributed by atoms with Crippen molar-refractivity contribution in [1.29, 1.82) is 0 Å². The van der Waals surface area contributed by atoms with Crippen LogP contribution >= 0.6 is 0 Å². The van der Waals surface area contributed by atoms with Gasteiger partial charge in [0.15, 0.2) is 0 Å². The molecule has 0 saturated carbocycles. The van der Waals surface area contributed by atoms with E-state index in [2.05, 4.69) is 10.4 Å². The highest BCUT2D eigenvalue weighted by molar-refractivity contribution is 5.85. The van der Waals surface area contributed by atoms with E-state index in [-0.39, 0.29) is 6.42 Å². The molecular weight excluding hydrogens is 310 g/mol. The topological polar surface area (TPSA) is 106 Å². The fraction of sp³-hybridized carbons (Fsp3) is 0.412. The molecule has 4 N–H and O–H groups in total. The van der Waals surface area contributed by atoms with Crippen molar-refractivity contribution in [2.45, 2.75) is 39.2 Å². The molecule has 1 aromatic carbocycles. The molecule has 0 fully saturated rings. The Morgan fingerprint density at radius 1 is 1.25 bits per heavy atom. The second-order valence-corrected chi connectivity index (χ2v) is 6.71. The lowest BCUT2D eigenvalue weighted by Crippen LogP contribution is -2.53. The molecule has 1 aromatic heterocycles. The van der Waals surface area contributed by atoms with Crippen LogP contribution in [0.25, 0.3) is 10.9 Å². The fourth-order valence-corrected chi connectivity index (χ4v) is 2.61. The van der Waals surface area contributed by atoms with Gasteiger partial charge in [-0.25, -0.2) is 15.2 Å². The third-order valence-corrected chi connectivity index (χ3v) is 3.71. The van der Waals surface area contributed by atoms with Gasteiger partial charge in [-0.3, -0.25) is 4.79 Å². The summed E-state index contributed by atoms with van der Waals surface area (Å²) in [7, 11) is 0. The van der Waals surface area contributed by atoms with Gasteiger partial charge in [-0.05, 0) is 50.5 Å². The maximum atomic E-state index is 11.3. The number of carboxylic acid groups (broad SMARTS) is 2. The monoisotopic (exact) mass is 333 g/mol. The number of aromatic nitrogens is 1. The SMILES string of the molecule is CC(C)(C)N(NCCc1c[nH]c2ccc(CC(=O)O)cc12)C(=O)O. The molecule has 1 heterocycles. The lowest BCUT2D eigenvalue weighted by molar-refractivity contribution is -0.136. The molecule has 7 heteroatoms. The number of aromatic amines is 1. The van der Waals surface area contributed by atoms with Gasteiger partial charge in [-0.2, -0.15) is 0 Å². The molecule has 0 aliphatic carbocycles. The first-order valence-electron chi connectivity index (χ1n) is 7.76. The zero-order chi connectivity index (χ0) is 17.9. The van der Waals surface area contributed by atoms with Crippen LogP contribution < -0.4 is 5.43 Å². The number of hydrogen-bond acceptors (Lipinski definition) is 3. The van der Waals surface area contributed by atoms with Crippen molar-refractivity contribution in [3.05, 3.63) is 35.5 Å². The smallest absolute Gasteiger partial charge is 0.422 e. The van der Waals surface area contributed by atoms with Crippen LogP contribution in [0.1, 0.15) is 31.9 Å². The van der Waals surface area contributed by atoms with E-state index < -0.39 is 17.6 Å². The van der Waals surface area contributed by atoms with E-state index in [1.54, 1.807) is 6.07 Å². The molecule has 0 spiro atoms. The molecule has 0 atom stereocenters. The van der Waals surface area contributed by atoms with Crippen LogP contribution in [0.4, 0.5) is 4.79 Å². The largest absolute Gasteiger partial charge is 0.481 e. The molecule has 0 saturated heterocycles. The molecule has 0 radical (unpaired) electrons. The van der Waals surface area contributed by atoms with Gasteiger partial charge in [0.1, 0.15) is 0 Å². The van der Waals surface area contributed by atoms with Crippen LogP contribution in [0.3, 0.4) is 0 Å². The molecule has 0 aliphatic heterocycles. The van der Waals surface area contributed by atoms with Crippen molar-refractivity contribution < 1.29 is 19.8 Å². The fourth-order valence-electron chi connectivity index (χ4n) is 2.61. The summed E-state index contributed by atoms with van der Waals surface area (Å²) in [5, 5.41) is 20.3. The zero-order valence-electron chi connectivity index (χ0n) is 14.1. The lowest BCUT2D eigenvalue weighted by atomic mass is 10.1. The minimum atomic E-state index is -1.02. The normalized spacial score (nSPS) is 11.6. The summed E-state index contributed by atoms with van der Waals surface area (Å²) in [6.45, 7) is 5.91. The number of carbonyl (C=O) groups is 2. The number of nitrogens with zero attached hydrogens (tertiary/aromatic N) is 1. The maximum absolute atomic E-state index is 11.3. The predicted molar refractivity (Wildman–Crippen MR) is 91.0 cm³/mol. The molecule has 1 amide bonds.